The Morgan fingerprint density at radius 1 is 1.50 bits per heavy atom. The number of terminal acetylenes is 1. The number of anilines is 2. The number of nitrogens with one attached hydrogen (secondary N) is 2. The fourth-order valence-electron chi connectivity index (χ4n) is 2.90. The van der Waals surface area contributed by atoms with Crippen LogP contribution in [-0.2, 0) is 0 Å². The molecule has 2 aromatic rings. The minimum atomic E-state index is -2.71. The van der Waals surface area contributed by atoms with Crippen molar-refractivity contribution in [3.05, 3.63) is 34.4 Å². The van der Waals surface area contributed by atoms with Gasteiger partial charge in [-0.3, -0.25) is 10.3 Å². The number of piperidine rings is 1. The van der Waals surface area contributed by atoms with E-state index in [2.05, 4.69) is 26.5 Å². The molecule has 0 saturated carbocycles. The molecule has 1 aliphatic heterocycles. The summed E-state index contributed by atoms with van der Waals surface area (Å²) in [6.45, 7) is -0.187. The lowest BCUT2D eigenvalue weighted by molar-refractivity contribution is -0.0116. The van der Waals surface area contributed by atoms with Crippen molar-refractivity contribution < 1.29 is 18.7 Å². The molecule has 1 atom stereocenters. The van der Waals surface area contributed by atoms with Gasteiger partial charge in [0.05, 0.1) is 36.8 Å². The Labute approximate surface area is 164 Å². The number of carbonyl (C=O) groups excluding carboxylic acids is 1. The van der Waals surface area contributed by atoms with E-state index in [1.807, 2.05) is 0 Å². The van der Waals surface area contributed by atoms with E-state index < -0.39 is 18.0 Å². The maximum absolute atomic E-state index is 13.6. The number of aliphatic hydroxyl groups excluding tert-OH is 1. The molecule has 0 spiro atoms. The van der Waals surface area contributed by atoms with E-state index in [-0.39, 0.29) is 19.6 Å². The van der Waals surface area contributed by atoms with Gasteiger partial charge in [-0.25, -0.2) is 18.6 Å². The molecule has 3 N–H and O–H groups in total. The molecule has 1 saturated heterocycles. The minimum Gasteiger partial charge on any atom is -0.394 e. The van der Waals surface area contributed by atoms with Crippen LogP contribution >= 0.6 is 11.3 Å². The number of aliphatic hydroxyl groups is 1. The van der Waals surface area contributed by atoms with E-state index in [1.165, 1.54) is 17.5 Å². The number of hydrogen-bond acceptors (Lipinski definition) is 6. The van der Waals surface area contributed by atoms with Crippen molar-refractivity contribution in [3.8, 4) is 12.3 Å². The van der Waals surface area contributed by atoms with E-state index in [4.69, 9.17) is 6.42 Å². The van der Waals surface area contributed by atoms with Crippen LogP contribution in [0.1, 0.15) is 29.6 Å². The van der Waals surface area contributed by atoms with Crippen molar-refractivity contribution in [2.24, 2.45) is 0 Å². The third kappa shape index (κ3) is 4.94. The average Bonchev–Trinajstić information content (AvgIpc) is 3.13. The summed E-state index contributed by atoms with van der Waals surface area (Å²) in [5.74, 6) is -0.0317. The molecule has 10 heteroatoms. The van der Waals surface area contributed by atoms with Crippen LogP contribution in [0.4, 0.5) is 25.1 Å². The van der Waals surface area contributed by atoms with Gasteiger partial charge in [0, 0.05) is 18.3 Å². The molecule has 2 aromatic heterocycles. The zero-order valence-corrected chi connectivity index (χ0v) is 15.7. The lowest BCUT2D eigenvalue weighted by atomic mass is 10.1. The average molecular weight is 407 g/mol. The van der Waals surface area contributed by atoms with E-state index in [1.54, 1.807) is 22.4 Å². The second-order valence-corrected chi connectivity index (χ2v) is 7.20. The predicted molar refractivity (Wildman–Crippen MR) is 103 cm³/mol. The van der Waals surface area contributed by atoms with Gasteiger partial charge in [0.1, 0.15) is 5.82 Å². The van der Waals surface area contributed by atoms with E-state index >= 15 is 0 Å². The quantitative estimate of drug-likeness (QED) is 0.663. The van der Waals surface area contributed by atoms with Gasteiger partial charge in [0.25, 0.3) is 5.92 Å². The third-order valence-corrected chi connectivity index (χ3v) is 5.02. The second kappa shape index (κ2) is 8.50. The summed E-state index contributed by atoms with van der Waals surface area (Å²) in [5.41, 5.74) is 0.987. The topological polar surface area (TPSA) is 90.4 Å². The molecule has 148 valence electrons. The maximum Gasteiger partial charge on any atom is 0.321 e. The van der Waals surface area contributed by atoms with Gasteiger partial charge in [-0.1, -0.05) is 0 Å². The second-order valence-electron chi connectivity index (χ2n) is 6.34. The third-order valence-electron chi connectivity index (χ3n) is 4.24. The van der Waals surface area contributed by atoms with Gasteiger partial charge in [0.15, 0.2) is 5.01 Å². The molecule has 7 nitrogen and oxygen atoms in total. The Bertz CT molecular complexity index is 866. The van der Waals surface area contributed by atoms with Crippen molar-refractivity contribution in [3.63, 3.8) is 0 Å². The number of rotatable bonds is 5. The van der Waals surface area contributed by atoms with Gasteiger partial charge in [-0.2, -0.15) is 0 Å². The van der Waals surface area contributed by atoms with Gasteiger partial charge in [-0.05, 0) is 24.5 Å². The predicted octanol–water partition coefficient (Wildman–Crippen LogP) is 2.61. The molecular weight excluding hydrogens is 388 g/mol. The molecule has 0 aromatic carbocycles. The lowest BCUT2D eigenvalue weighted by Gasteiger charge is -2.34. The molecule has 0 aliphatic carbocycles. The number of aromatic nitrogens is 2. The Morgan fingerprint density at radius 3 is 2.93 bits per heavy atom. The summed E-state index contributed by atoms with van der Waals surface area (Å²) < 4.78 is 27.2. The van der Waals surface area contributed by atoms with Gasteiger partial charge in [0.2, 0.25) is 0 Å². The van der Waals surface area contributed by atoms with Crippen LogP contribution in [0.3, 0.4) is 0 Å². The monoisotopic (exact) mass is 407 g/mol. The van der Waals surface area contributed by atoms with Gasteiger partial charge < -0.3 is 15.3 Å². The first-order valence-electron chi connectivity index (χ1n) is 8.59. The zero-order valence-electron chi connectivity index (χ0n) is 14.9. The van der Waals surface area contributed by atoms with Crippen LogP contribution in [0.15, 0.2) is 23.7 Å². The smallest absolute Gasteiger partial charge is 0.321 e. The largest absolute Gasteiger partial charge is 0.394 e. The van der Waals surface area contributed by atoms with Crippen molar-refractivity contribution in [1.29, 1.82) is 0 Å². The molecule has 3 rings (SSSR count). The van der Waals surface area contributed by atoms with E-state index in [9.17, 15) is 18.7 Å². The number of hydrogen-bond donors (Lipinski definition) is 3. The summed E-state index contributed by atoms with van der Waals surface area (Å²) in [5, 5.41) is 16.7. The maximum atomic E-state index is 13.6. The number of halogens is 2. The molecule has 2 amide bonds. The van der Waals surface area contributed by atoms with Crippen LogP contribution in [0.2, 0.25) is 0 Å². The number of pyridine rings is 1. The van der Waals surface area contributed by atoms with Crippen molar-refractivity contribution in [2.75, 3.05) is 29.9 Å². The summed E-state index contributed by atoms with van der Waals surface area (Å²) in [6, 6.07) is 1.92. The highest BCUT2D eigenvalue weighted by Crippen LogP contribution is 2.30. The molecule has 3 heterocycles. The summed E-state index contributed by atoms with van der Waals surface area (Å²) in [7, 11) is 0. The number of amides is 2. The highest BCUT2D eigenvalue weighted by Gasteiger charge is 2.35. The van der Waals surface area contributed by atoms with Crippen molar-refractivity contribution in [2.45, 2.75) is 24.8 Å². The summed E-state index contributed by atoms with van der Waals surface area (Å²) in [6.07, 6.45) is 7.01. The number of thiazole rings is 1. The Hall–Kier alpha value is -2.77. The molecule has 1 unspecified atom stereocenters. The fourth-order valence-corrected chi connectivity index (χ4v) is 3.45. The zero-order chi connectivity index (χ0) is 20.1. The van der Waals surface area contributed by atoms with E-state index in [0.717, 1.165) is 0 Å². The number of nitrogens with zero attached hydrogens (tertiary/aromatic N) is 3. The first-order chi connectivity index (χ1) is 13.4. The van der Waals surface area contributed by atoms with Crippen LogP contribution in [0, 0.1) is 12.3 Å². The highest BCUT2D eigenvalue weighted by molar-refractivity contribution is 7.10. The molecule has 0 radical (unpaired) electrons. The molecule has 28 heavy (non-hydrogen) atoms. The minimum absolute atomic E-state index is 0.109. The first kappa shape index (κ1) is 20.0. The first-order valence-corrected chi connectivity index (χ1v) is 9.47. The highest BCUT2D eigenvalue weighted by atomic mass is 32.1. The van der Waals surface area contributed by atoms with Crippen LogP contribution in [-0.4, -0.2) is 46.7 Å². The van der Waals surface area contributed by atoms with Crippen LogP contribution < -0.4 is 15.5 Å². The van der Waals surface area contributed by atoms with Crippen LogP contribution in [0.5, 0.6) is 0 Å². The Morgan fingerprint density at radius 2 is 2.32 bits per heavy atom. The summed E-state index contributed by atoms with van der Waals surface area (Å²) in [4.78, 5) is 21.9. The fraction of sp³-hybridized carbons (Fsp3) is 0.389. The Balaban J connectivity index is 1.62. The van der Waals surface area contributed by atoms with Gasteiger partial charge >= 0.3 is 6.03 Å². The number of urea groups is 1. The van der Waals surface area contributed by atoms with Gasteiger partial charge in [-0.15, -0.1) is 17.8 Å². The summed E-state index contributed by atoms with van der Waals surface area (Å²) >= 11 is 1.22. The Kier molecular flexibility index (Phi) is 6.06. The van der Waals surface area contributed by atoms with E-state index in [0.29, 0.717) is 35.2 Å². The number of alkyl halides is 2. The normalized spacial score (nSPS) is 16.9. The molecule has 0 bridgehead atoms. The van der Waals surface area contributed by atoms with Crippen molar-refractivity contribution >= 4 is 28.9 Å². The lowest BCUT2D eigenvalue weighted by Crippen LogP contribution is -2.42. The van der Waals surface area contributed by atoms with Crippen molar-refractivity contribution in [1.82, 2.24) is 15.3 Å². The van der Waals surface area contributed by atoms with Crippen LogP contribution in [0.25, 0.3) is 0 Å². The molecular formula is C18H19F2N5O2S. The number of carbonyl (C=O) groups is 1. The SMILES string of the molecule is C#Cc1nc(NC(=O)NC(CO)c2ccc(N3CCCC(F)(F)C3)cn2)cs1. The standard InChI is InChI=1S/C18H19F2N5O2S/c1-2-16-23-15(10-28-16)24-17(27)22-14(9-26)13-5-4-12(8-21-13)25-7-3-6-18(19,20)11-25/h1,4-5,8,10,14,26H,3,6-7,9,11H2,(H2,22,24,27). The molecule has 1 fully saturated rings. The molecule has 1 aliphatic rings.